The van der Waals surface area contributed by atoms with Crippen LogP contribution in [0.4, 0.5) is 0 Å². The maximum absolute atomic E-state index is 12.9. The summed E-state index contributed by atoms with van der Waals surface area (Å²) in [5, 5.41) is 2.91. The maximum Gasteiger partial charge on any atom is 0.243 e. The van der Waals surface area contributed by atoms with Gasteiger partial charge in [-0.15, -0.1) is 0 Å². The minimum atomic E-state index is -0.726. The van der Waals surface area contributed by atoms with Gasteiger partial charge in [0.15, 0.2) is 0 Å². The van der Waals surface area contributed by atoms with Crippen LogP contribution in [0.5, 0.6) is 5.75 Å². The smallest absolute Gasteiger partial charge is 0.243 e. The highest BCUT2D eigenvalue weighted by Gasteiger charge is 2.51. The van der Waals surface area contributed by atoms with Gasteiger partial charge in [0.2, 0.25) is 17.7 Å². The Hall–Kier alpha value is -2.02. The molecule has 3 amide bonds. The number of nitrogens with zero attached hydrogens (tertiary/aromatic N) is 1. The van der Waals surface area contributed by atoms with E-state index >= 15 is 0 Å². The van der Waals surface area contributed by atoms with E-state index in [1.54, 1.807) is 18.9 Å². The molecule has 0 aromatic heterocycles. The van der Waals surface area contributed by atoms with Crippen LogP contribution in [0.1, 0.15) is 37.7 Å². The first kappa shape index (κ1) is 20.7. The number of hydrogen-bond acceptors (Lipinski definition) is 5. The van der Waals surface area contributed by atoms with Crippen LogP contribution >= 0.6 is 11.8 Å². The number of carbonyl (C=O) groups excluding carboxylic acids is 3. The molecule has 152 valence electrons. The fourth-order valence-corrected chi connectivity index (χ4v) is 4.61. The summed E-state index contributed by atoms with van der Waals surface area (Å²) in [6.45, 7) is 0.349. The predicted octanol–water partition coefficient (Wildman–Crippen LogP) is 2.61. The third-order valence-corrected chi connectivity index (χ3v) is 6.35. The summed E-state index contributed by atoms with van der Waals surface area (Å²) >= 11 is 1.61. The van der Waals surface area contributed by atoms with E-state index in [-0.39, 0.29) is 29.6 Å². The average molecular weight is 405 g/mol. The number of imide groups is 1. The second kappa shape index (κ2) is 9.45. The molecule has 1 saturated heterocycles. The average Bonchev–Trinajstić information content (AvgIpc) is 2.98. The zero-order valence-corrected chi connectivity index (χ0v) is 17.3. The van der Waals surface area contributed by atoms with E-state index in [0.29, 0.717) is 18.7 Å². The fraction of sp³-hybridized carbons (Fsp3) is 0.571. The molecule has 3 rings (SSSR count). The Bertz CT molecular complexity index is 698. The topological polar surface area (TPSA) is 75.7 Å². The molecule has 6 nitrogen and oxygen atoms in total. The summed E-state index contributed by atoms with van der Waals surface area (Å²) in [4.78, 5) is 40.0. The van der Waals surface area contributed by atoms with Crippen LogP contribution < -0.4 is 10.1 Å². The first-order chi connectivity index (χ1) is 13.6. The lowest BCUT2D eigenvalue weighted by atomic mass is 9.81. The van der Waals surface area contributed by atoms with Gasteiger partial charge in [0.25, 0.3) is 0 Å². The minimum absolute atomic E-state index is 0.152. The van der Waals surface area contributed by atoms with Crippen molar-refractivity contribution in [2.24, 2.45) is 11.8 Å². The van der Waals surface area contributed by atoms with E-state index in [1.165, 1.54) is 4.90 Å². The van der Waals surface area contributed by atoms with Gasteiger partial charge >= 0.3 is 0 Å². The van der Waals surface area contributed by atoms with E-state index < -0.39 is 6.04 Å². The number of methoxy groups -OCH3 is 1. The van der Waals surface area contributed by atoms with E-state index in [0.717, 1.165) is 37.0 Å². The fourth-order valence-electron chi connectivity index (χ4n) is 4.15. The SMILES string of the molecule is COc1ccc(CNC(=O)C(CCSC)N2C(=O)C3CCCCC3C2=O)cc1. The van der Waals surface area contributed by atoms with Crippen LogP contribution in [0.2, 0.25) is 0 Å². The van der Waals surface area contributed by atoms with Crippen molar-refractivity contribution in [1.82, 2.24) is 10.2 Å². The standard InChI is InChI=1S/C21H28N2O4S/c1-27-15-9-7-14(8-10-15)13-22-19(24)18(11-12-28-2)23-20(25)16-5-3-4-6-17(16)21(23)26/h7-10,16-18H,3-6,11-13H2,1-2H3,(H,22,24). The van der Waals surface area contributed by atoms with Crippen LogP contribution in [0.25, 0.3) is 0 Å². The van der Waals surface area contributed by atoms with Crippen molar-refractivity contribution in [1.29, 1.82) is 0 Å². The summed E-state index contributed by atoms with van der Waals surface area (Å²) in [5.74, 6) is 0.446. The van der Waals surface area contributed by atoms with E-state index in [9.17, 15) is 14.4 Å². The number of rotatable bonds is 8. The molecule has 1 heterocycles. The first-order valence-corrected chi connectivity index (χ1v) is 11.2. The van der Waals surface area contributed by atoms with Gasteiger partial charge in [-0.1, -0.05) is 25.0 Å². The van der Waals surface area contributed by atoms with Crippen molar-refractivity contribution in [2.45, 2.75) is 44.7 Å². The Morgan fingerprint density at radius 2 is 1.79 bits per heavy atom. The molecule has 2 fully saturated rings. The summed E-state index contributed by atoms with van der Waals surface area (Å²) in [6.07, 6.45) is 5.91. The molecule has 1 N–H and O–H groups in total. The lowest BCUT2D eigenvalue weighted by molar-refractivity contribution is -0.148. The van der Waals surface area contributed by atoms with Gasteiger partial charge < -0.3 is 10.1 Å². The van der Waals surface area contributed by atoms with Crippen LogP contribution in [-0.2, 0) is 20.9 Å². The van der Waals surface area contributed by atoms with Crippen molar-refractivity contribution >= 4 is 29.5 Å². The van der Waals surface area contributed by atoms with Crippen LogP contribution in [-0.4, -0.2) is 47.8 Å². The van der Waals surface area contributed by atoms with Crippen molar-refractivity contribution in [2.75, 3.05) is 19.1 Å². The number of nitrogens with one attached hydrogen (secondary N) is 1. The number of likely N-dealkylation sites (tertiary alicyclic amines) is 1. The van der Waals surface area contributed by atoms with E-state index in [2.05, 4.69) is 5.32 Å². The summed E-state index contributed by atoms with van der Waals surface area (Å²) in [5.41, 5.74) is 0.936. The molecule has 7 heteroatoms. The summed E-state index contributed by atoms with van der Waals surface area (Å²) < 4.78 is 5.14. The Labute approximate surface area is 170 Å². The molecule has 2 aliphatic rings. The molecule has 1 aliphatic carbocycles. The summed E-state index contributed by atoms with van der Waals surface area (Å²) in [6, 6.07) is 6.72. The molecule has 28 heavy (non-hydrogen) atoms. The Morgan fingerprint density at radius 3 is 2.32 bits per heavy atom. The zero-order valence-electron chi connectivity index (χ0n) is 16.5. The molecule has 0 radical (unpaired) electrons. The molecule has 0 bridgehead atoms. The monoisotopic (exact) mass is 404 g/mol. The summed E-state index contributed by atoms with van der Waals surface area (Å²) in [7, 11) is 1.61. The number of thioether (sulfide) groups is 1. The minimum Gasteiger partial charge on any atom is -0.497 e. The quantitative estimate of drug-likeness (QED) is 0.674. The van der Waals surface area contributed by atoms with Gasteiger partial charge in [-0.2, -0.15) is 11.8 Å². The van der Waals surface area contributed by atoms with Crippen molar-refractivity contribution in [3.05, 3.63) is 29.8 Å². The first-order valence-electron chi connectivity index (χ1n) is 9.83. The lowest BCUT2D eigenvalue weighted by Crippen LogP contribution is -2.50. The normalized spacial score (nSPS) is 22.7. The van der Waals surface area contributed by atoms with Gasteiger partial charge in [0.05, 0.1) is 18.9 Å². The van der Waals surface area contributed by atoms with Gasteiger partial charge in [0.1, 0.15) is 11.8 Å². The van der Waals surface area contributed by atoms with Crippen molar-refractivity contribution in [3.63, 3.8) is 0 Å². The van der Waals surface area contributed by atoms with Crippen LogP contribution in [0, 0.1) is 11.8 Å². The van der Waals surface area contributed by atoms with Gasteiger partial charge in [-0.25, -0.2) is 0 Å². The van der Waals surface area contributed by atoms with Gasteiger partial charge in [-0.3, -0.25) is 19.3 Å². The molecule has 1 aromatic rings. The number of carbonyl (C=O) groups is 3. The highest BCUT2D eigenvalue weighted by Crippen LogP contribution is 2.39. The largest absolute Gasteiger partial charge is 0.497 e. The third-order valence-electron chi connectivity index (χ3n) is 5.71. The van der Waals surface area contributed by atoms with Crippen LogP contribution in [0.3, 0.4) is 0 Å². The predicted molar refractivity (Wildman–Crippen MR) is 109 cm³/mol. The molecule has 0 spiro atoms. The number of ether oxygens (including phenoxy) is 1. The second-order valence-electron chi connectivity index (χ2n) is 7.41. The second-order valence-corrected chi connectivity index (χ2v) is 8.39. The van der Waals surface area contributed by atoms with E-state index in [1.807, 2.05) is 30.5 Å². The van der Waals surface area contributed by atoms with E-state index in [4.69, 9.17) is 4.74 Å². The number of fused-ring (bicyclic) bond motifs is 1. The lowest BCUT2D eigenvalue weighted by Gasteiger charge is -2.26. The molecule has 1 aromatic carbocycles. The molecule has 3 unspecified atom stereocenters. The molecular weight excluding hydrogens is 376 g/mol. The molecular formula is C21H28N2O4S. The van der Waals surface area contributed by atoms with Gasteiger partial charge in [-0.05, 0) is 49.0 Å². The Balaban J connectivity index is 1.70. The number of hydrogen-bond donors (Lipinski definition) is 1. The highest BCUT2D eigenvalue weighted by atomic mass is 32.2. The Kier molecular flexibility index (Phi) is 6.99. The number of amides is 3. The molecule has 3 atom stereocenters. The van der Waals surface area contributed by atoms with Crippen LogP contribution in [0.15, 0.2) is 24.3 Å². The highest BCUT2D eigenvalue weighted by molar-refractivity contribution is 7.98. The maximum atomic E-state index is 12.9. The number of benzene rings is 1. The zero-order chi connectivity index (χ0) is 20.1. The van der Waals surface area contributed by atoms with Crippen molar-refractivity contribution in [3.8, 4) is 5.75 Å². The molecule has 1 saturated carbocycles. The van der Waals surface area contributed by atoms with Gasteiger partial charge in [0, 0.05) is 6.54 Å². The third kappa shape index (κ3) is 4.35. The molecule has 1 aliphatic heterocycles. The Morgan fingerprint density at radius 1 is 1.18 bits per heavy atom. The van der Waals surface area contributed by atoms with Crippen molar-refractivity contribution < 1.29 is 19.1 Å².